The predicted molar refractivity (Wildman–Crippen MR) is 85.5 cm³/mol. The average molecular weight is 298 g/mol. The lowest BCUT2D eigenvalue weighted by atomic mass is 9.99. The van der Waals surface area contributed by atoms with Crippen LogP contribution in [0.3, 0.4) is 0 Å². The van der Waals surface area contributed by atoms with Gasteiger partial charge in [-0.2, -0.15) is 0 Å². The first kappa shape index (κ1) is 15.8. The topological polar surface area (TPSA) is 74.6 Å². The Balaban J connectivity index is 0.000000246. The summed E-state index contributed by atoms with van der Waals surface area (Å²) in [6.07, 6.45) is 10.0. The Morgan fingerprint density at radius 2 is 1.45 bits per heavy atom. The number of rotatable bonds is 2. The molecule has 114 valence electrons. The molecule has 0 amide bonds. The van der Waals surface area contributed by atoms with E-state index in [1.54, 1.807) is 30.3 Å². The number of benzene rings is 2. The highest BCUT2D eigenvalue weighted by atomic mass is 16.4. The zero-order valence-corrected chi connectivity index (χ0v) is 12.2. The standard InChI is InChI=1S/C12H8O4.C6H10/c13-11(14)9-6-5-7-3-1-2-4-8(7)10(9)12(15)16;1-2-4-6-5-3-1/h1-6H,(H,13,14)(H,15,16);1-2H,3-6H2. The molecule has 0 fully saturated rings. The summed E-state index contributed by atoms with van der Waals surface area (Å²) in [5.74, 6) is -2.46. The van der Waals surface area contributed by atoms with Crippen molar-refractivity contribution in [1.82, 2.24) is 0 Å². The molecule has 0 aliphatic heterocycles. The van der Waals surface area contributed by atoms with Crippen LogP contribution in [0.1, 0.15) is 46.4 Å². The highest BCUT2D eigenvalue weighted by molar-refractivity contribution is 6.11. The molecule has 0 heterocycles. The first-order valence-corrected chi connectivity index (χ1v) is 7.24. The number of carboxylic acid groups (broad SMARTS) is 2. The molecule has 0 radical (unpaired) electrons. The van der Waals surface area contributed by atoms with Crippen LogP contribution >= 0.6 is 0 Å². The summed E-state index contributed by atoms with van der Waals surface area (Å²) < 4.78 is 0. The number of hydrogen-bond donors (Lipinski definition) is 2. The van der Waals surface area contributed by atoms with Crippen molar-refractivity contribution in [3.63, 3.8) is 0 Å². The second-order valence-corrected chi connectivity index (χ2v) is 5.08. The second-order valence-electron chi connectivity index (χ2n) is 5.08. The molecule has 2 aromatic rings. The maximum Gasteiger partial charge on any atom is 0.337 e. The molecule has 2 N–H and O–H groups in total. The number of hydrogen-bond acceptors (Lipinski definition) is 2. The zero-order valence-electron chi connectivity index (χ0n) is 12.2. The van der Waals surface area contributed by atoms with E-state index in [-0.39, 0.29) is 11.1 Å². The molecule has 0 bridgehead atoms. The molecule has 3 rings (SSSR count). The third-order valence-electron chi connectivity index (χ3n) is 3.53. The lowest BCUT2D eigenvalue weighted by molar-refractivity contribution is 0.0653. The van der Waals surface area contributed by atoms with Crippen molar-refractivity contribution in [2.45, 2.75) is 25.7 Å². The monoisotopic (exact) mass is 298 g/mol. The third-order valence-corrected chi connectivity index (χ3v) is 3.53. The summed E-state index contributed by atoms with van der Waals surface area (Å²) in [5.41, 5.74) is -0.350. The number of carboxylic acids is 2. The van der Waals surface area contributed by atoms with Crippen molar-refractivity contribution in [2.75, 3.05) is 0 Å². The summed E-state index contributed by atoms with van der Waals surface area (Å²) in [5, 5.41) is 19.1. The van der Waals surface area contributed by atoms with Crippen molar-refractivity contribution in [1.29, 1.82) is 0 Å². The normalized spacial score (nSPS) is 13.3. The van der Waals surface area contributed by atoms with Gasteiger partial charge in [0.1, 0.15) is 0 Å². The van der Waals surface area contributed by atoms with Gasteiger partial charge in [0.2, 0.25) is 0 Å². The minimum Gasteiger partial charge on any atom is -0.478 e. The SMILES string of the molecule is C1=CCCCC1.O=C(O)c1ccc2ccccc2c1C(=O)O. The van der Waals surface area contributed by atoms with Crippen molar-refractivity contribution in [2.24, 2.45) is 0 Å². The number of aromatic carboxylic acids is 2. The lowest BCUT2D eigenvalue weighted by Gasteiger charge is -2.05. The minimum atomic E-state index is -1.23. The summed E-state index contributed by atoms with van der Waals surface area (Å²) in [7, 11) is 0. The highest BCUT2D eigenvalue weighted by Gasteiger charge is 2.18. The molecule has 4 nitrogen and oxygen atoms in total. The van der Waals surface area contributed by atoms with Gasteiger partial charge in [0, 0.05) is 0 Å². The summed E-state index contributed by atoms with van der Waals surface area (Å²) in [4.78, 5) is 22.0. The van der Waals surface area contributed by atoms with Crippen LogP contribution in [0.4, 0.5) is 0 Å². The Hall–Kier alpha value is -2.62. The van der Waals surface area contributed by atoms with Crippen LogP contribution in [-0.2, 0) is 0 Å². The molecular weight excluding hydrogens is 280 g/mol. The van der Waals surface area contributed by atoms with E-state index in [4.69, 9.17) is 10.2 Å². The van der Waals surface area contributed by atoms with Gasteiger partial charge in [-0.05, 0) is 42.5 Å². The maximum atomic E-state index is 11.1. The molecule has 0 aromatic heterocycles. The number of carbonyl (C=O) groups is 2. The van der Waals surface area contributed by atoms with Crippen molar-refractivity contribution < 1.29 is 19.8 Å². The fourth-order valence-electron chi connectivity index (χ4n) is 2.44. The van der Waals surface area contributed by atoms with Gasteiger partial charge in [-0.25, -0.2) is 9.59 Å². The van der Waals surface area contributed by atoms with E-state index in [1.165, 1.54) is 31.7 Å². The first-order chi connectivity index (χ1) is 10.6. The minimum absolute atomic E-state index is 0.161. The van der Waals surface area contributed by atoms with E-state index in [2.05, 4.69) is 12.2 Å². The molecule has 0 unspecified atom stereocenters. The largest absolute Gasteiger partial charge is 0.478 e. The van der Waals surface area contributed by atoms with E-state index in [9.17, 15) is 9.59 Å². The van der Waals surface area contributed by atoms with Crippen LogP contribution in [0.2, 0.25) is 0 Å². The van der Waals surface area contributed by atoms with Gasteiger partial charge in [0.05, 0.1) is 11.1 Å². The number of fused-ring (bicyclic) bond motifs is 1. The Bertz CT molecular complexity index is 708. The van der Waals surface area contributed by atoms with Gasteiger partial charge in [-0.1, -0.05) is 42.5 Å². The molecule has 0 saturated carbocycles. The van der Waals surface area contributed by atoms with E-state index >= 15 is 0 Å². The molecule has 0 atom stereocenters. The Morgan fingerprint density at radius 1 is 0.818 bits per heavy atom. The summed E-state index contributed by atoms with van der Waals surface area (Å²) in [6, 6.07) is 9.72. The van der Waals surface area contributed by atoms with Crippen LogP contribution in [-0.4, -0.2) is 22.2 Å². The molecular formula is C18H18O4. The molecule has 22 heavy (non-hydrogen) atoms. The first-order valence-electron chi connectivity index (χ1n) is 7.24. The molecule has 2 aromatic carbocycles. The second kappa shape index (κ2) is 7.41. The maximum absolute atomic E-state index is 11.1. The van der Waals surface area contributed by atoms with Crippen molar-refractivity contribution in [3.8, 4) is 0 Å². The fourth-order valence-corrected chi connectivity index (χ4v) is 2.44. The van der Waals surface area contributed by atoms with Crippen molar-refractivity contribution in [3.05, 3.63) is 59.7 Å². The van der Waals surface area contributed by atoms with Crippen LogP contribution in [0, 0.1) is 0 Å². The molecule has 1 aliphatic rings. The Morgan fingerprint density at radius 3 is 1.95 bits per heavy atom. The van der Waals surface area contributed by atoms with Gasteiger partial charge < -0.3 is 10.2 Å². The predicted octanol–water partition coefficient (Wildman–Crippen LogP) is 4.35. The van der Waals surface area contributed by atoms with Crippen LogP contribution in [0.5, 0.6) is 0 Å². The smallest absolute Gasteiger partial charge is 0.337 e. The highest BCUT2D eigenvalue weighted by Crippen LogP contribution is 2.22. The summed E-state index contributed by atoms with van der Waals surface area (Å²) in [6.45, 7) is 0. The number of allylic oxidation sites excluding steroid dienone is 2. The van der Waals surface area contributed by atoms with Crippen LogP contribution in [0.25, 0.3) is 10.8 Å². The van der Waals surface area contributed by atoms with E-state index in [1.807, 2.05) is 0 Å². The van der Waals surface area contributed by atoms with Gasteiger partial charge >= 0.3 is 11.9 Å². The Kier molecular flexibility index (Phi) is 5.31. The summed E-state index contributed by atoms with van der Waals surface area (Å²) >= 11 is 0. The van der Waals surface area contributed by atoms with Crippen LogP contribution < -0.4 is 0 Å². The van der Waals surface area contributed by atoms with E-state index in [0.29, 0.717) is 10.8 Å². The van der Waals surface area contributed by atoms with Gasteiger partial charge in [0.15, 0.2) is 0 Å². The van der Waals surface area contributed by atoms with Gasteiger partial charge in [-0.3, -0.25) is 0 Å². The zero-order chi connectivity index (χ0) is 15.9. The van der Waals surface area contributed by atoms with Gasteiger partial charge in [0.25, 0.3) is 0 Å². The van der Waals surface area contributed by atoms with Gasteiger partial charge in [-0.15, -0.1) is 0 Å². The quantitative estimate of drug-likeness (QED) is 0.808. The van der Waals surface area contributed by atoms with Crippen LogP contribution in [0.15, 0.2) is 48.6 Å². The molecule has 1 aliphatic carbocycles. The van der Waals surface area contributed by atoms with E-state index < -0.39 is 11.9 Å². The molecule has 0 saturated heterocycles. The Labute approximate surface area is 128 Å². The lowest BCUT2D eigenvalue weighted by Crippen LogP contribution is -2.08. The van der Waals surface area contributed by atoms with Crippen molar-refractivity contribution >= 4 is 22.7 Å². The average Bonchev–Trinajstić information content (AvgIpc) is 2.55. The molecule has 4 heteroatoms. The molecule has 0 spiro atoms. The fraction of sp³-hybridized carbons (Fsp3) is 0.222. The van der Waals surface area contributed by atoms with E-state index in [0.717, 1.165) is 0 Å². The third kappa shape index (κ3) is 3.73.